The number of hydrogen-bond donors (Lipinski definition) is 1. The van der Waals surface area contributed by atoms with E-state index in [1.807, 2.05) is 32.9 Å². The van der Waals surface area contributed by atoms with Crippen molar-refractivity contribution in [3.05, 3.63) is 35.2 Å². The minimum absolute atomic E-state index is 0.0425. The highest BCUT2D eigenvalue weighted by Gasteiger charge is 2.53. The highest BCUT2D eigenvalue weighted by molar-refractivity contribution is 7.14. The predicted molar refractivity (Wildman–Crippen MR) is 161 cm³/mol. The van der Waals surface area contributed by atoms with Crippen LogP contribution in [-0.2, 0) is 14.3 Å². The van der Waals surface area contributed by atoms with Crippen LogP contribution < -0.4 is 10.2 Å². The summed E-state index contributed by atoms with van der Waals surface area (Å²) >= 11 is 1.64. The number of nitrogens with one attached hydrogen (secondary N) is 1. The number of aromatic nitrogens is 1. The van der Waals surface area contributed by atoms with Crippen molar-refractivity contribution in [2.45, 2.75) is 59.2 Å². The van der Waals surface area contributed by atoms with E-state index in [0.29, 0.717) is 18.5 Å². The molecule has 1 aromatic heterocycles. The minimum atomic E-state index is -0.744. The molecule has 4 heterocycles. The Labute approximate surface area is 247 Å². The Bertz CT molecular complexity index is 1260. The fourth-order valence-corrected chi connectivity index (χ4v) is 6.98. The van der Waals surface area contributed by atoms with Crippen molar-refractivity contribution in [2.24, 2.45) is 17.3 Å². The molecule has 2 amide bonds. The van der Waals surface area contributed by atoms with Gasteiger partial charge in [-0.2, -0.15) is 0 Å². The Balaban J connectivity index is 1.29. The summed E-state index contributed by atoms with van der Waals surface area (Å²) in [4.78, 5) is 51.2. The Morgan fingerprint density at radius 2 is 1.80 bits per heavy atom. The lowest BCUT2D eigenvalue weighted by molar-refractivity contribution is -0.138. The second-order valence-corrected chi connectivity index (χ2v) is 14.1. The zero-order chi connectivity index (χ0) is 29.5. The molecule has 0 radical (unpaired) electrons. The number of likely N-dealkylation sites (tertiary alicyclic amines) is 1. The molecule has 0 spiro atoms. The number of piperazine rings is 1. The third-order valence-corrected chi connectivity index (χ3v) is 9.39. The maximum Gasteiger partial charge on any atom is 0.251 e. The van der Waals surface area contributed by atoms with E-state index in [1.165, 1.54) is 0 Å². The fraction of sp³-hybridized carbons (Fsp3) is 0.613. The lowest BCUT2D eigenvalue weighted by Crippen LogP contribution is -2.53. The van der Waals surface area contributed by atoms with E-state index in [-0.39, 0.29) is 47.6 Å². The average molecular weight is 582 g/mol. The summed E-state index contributed by atoms with van der Waals surface area (Å²) in [6, 6.07) is 6.07. The van der Waals surface area contributed by atoms with Crippen molar-refractivity contribution in [3.63, 3.8) is 0 Å². The Morgan fingerprint density at radius 3 is 2.44 bits per heavy atom. The molecule has 1 unspecified atom stereocenters. The highest BCUT2D eigenvalue weighted by Crippen LogP contribution is 2.37. The molecule has 0 bridgehead atoms. The van der Waals surface area contributed by atoms with Crippen LogP contribution in [0.2, 0.25) is 0 Å². The van der Waals surface area contributed by atoms with Gasteiger partial charge >= 0.3 is 0 Å². The standard InChI is InChI=1S/C31H43N5O4S/c1-19(2)22-16-36(26-25(37)17-40-27(22)26)29(39)23(15-31(3,4)5)32-28(38)21-9-7-20(8-10-21)24-18-41-30(33-24)35-13-11-34(6)12-14-35/h7-10,18-19,22-23,26-27H,11-17H2,1-6H3,(H,32,38)/t22-,23?,26+,27+/m0/s1. The van der Waals surface area contributed by atoms with E-state index >= 15 is 0 Å². The molecule has 41 heavy (non-hydrogen) atoms. The third-order valence-electron chi connectivity index (χ3n) is 8.49. The number of ketones is 1. The van der Waals surface area contributed by atoms with Gasteiger partial charge in [0.1, 0.15) is 18.7 Å². The number of hydrogen-bond acceptors (Lipinski definition) is 8. The molecular formula is C31H43N5O4S. The van der Waals surface area contributed by atoms with Crippen molar-refractivity contribution in [1.82, 2.24) is 20.1 Å². The number of benzene rings is 1. The molecule has 0 aliphatic carbocycles. The van der Waals surface area contributed by atoms with Crippen LogP contribution in [0.25, 0.3) is 11.3 Å². The van der Waals surface area contributed by atoms with Crippen LogP contribution in [0.1, 0.15) is 51.4 Å². The number of fused-ring (bicyclic) bond motifs is 1. The first-order valence-electron chi connectivity index (χ1n) is 14.7. The summed E-state index contributed by atoms with van der Waals surface area (Å²) in [7, 11) is 2.14. The summed E-state index contributed by atoms with van der Waals surface area (Å²) in [6.07, 6.45) is 0.186. The maximum atomic E-state index is 13.9. The van der Waals surface area contributed by atoms with Gasteiger partial charge in [-0.3, -0.25) is 14.4 Å². The number of thiazole rings is 1. The normalized spacial score (nSPS) is 24.2. The molecular weight excluding hydrogens is 538 g/mol. The topological polar surface area (TPSA) is 95.1 Å². The van der Waals surface area contributed by atoms with Gasteiger partial charge in [-0.1, -0.05) is 46.8 Å². The smallest absolute Gasteiger partial charge is 0.251 e. The Morgan fingerprint density at radius 1 is 1.12 bits per heavy atom. The zero-order valence-corrected chi connectivity index (χ0v) is 25.9. The lowest BCUT2D eigenvalue weighted by atomic mass is 9.87. The molecule has 4 atom stereocenters. The van der Waals surface area contributed by atoms with Gasteiger partial charge in [0.25, 0.3) is 5.91 Å². The SMILES string of the molecule is CC(C)[C@@H]1CN(C(=O)C(CC(C)(C)C)NC(=O)c2ccc(-c3csc(N4CCN(C)CC4)n3)cc2)[C@@H]2C(=O)CO[C@@H]21. The number of carbonyl (C=O) groups excluding carboxylic acids is 3. The van der Waals surface area contributed by atoms with Gasteiger partial charge in [0.2, 0.25) is 5.91 Å². The van der Waals surface area contributed by atoms with Gasteiger partial charge in [-0.15, -0.1) is 11.3 Å². The van der Waals surface area contributed by atoms with Crippen LogP contribution in [0.15, 0.2) is 29.6 Å². The minimum Gasteiger partial charge on any atom is -0.367 e. The number of rotatable bonds is 7. The molecule has 0 saturated carbocycles. The van der Waals surface area contributed by atoms with Crippen molar-refractivity contribution in [3.8, 4) is 11.3 Å². The molecule has 1 N–H and O–H groups in total. The van der Waals surface area contributed by atoms with Gasteiger partial charge in [0, 0.05) is 55.1 Å². The van der Waals surface area contributed by atoms with Gasteiger partial charge in [-0.25, -0.2) is 4.98 Å². The molecule has 2 aromatic rings. The van der Waals surface area contributed by atoms with Crippen LogP contribution in [0.3, 0.4) is 0 Å². The van der Waals surface area contributed by atoms with Crippen LogP contribution in [0.5, 0.6) is 0 Å². The van der Waals surface area contributed by atoms with Crippen molar-refractivity contribution in [1.29, 1.82) is 0 Å². The zero-order valence-electron chi connectivity index (χ0n) is 25.1. The highest BCUT2D eigenvalue weighted by atomic mass is 32.1. The summed E-state index contributed by atoms with van der Waals surface area (Å²) in [5, 5.41) is 6.09. The van der Waals surface area contributed by atoms with Gasteiger partial charge < -0.3 is 24.8 Å². The summed E-state index contributed by atoms with van der Waals surface area (Å²) in [5.41, 5.74) is 2.11. The monoisotopic (exact) mass is 581 g/mol. The Hall–Kier alpha value is -2.82. The second kappa shape index (κ2) is 11.8. The van der Waals surface area contributed by atoms with Gasteiger partial charge in [-0.05, 0) is 36.9 Å². The van der Waals surface area contributed by atoms with E-state index in [0.717, 1.165) is 42.6 Å². The quantitative estimate of drug-likeness (QED) is 0.535. The molecule has 222 valence electrons. The number of carbonyl (C=O) groups is 3. The predicted octanol–water partition coefficient (Wildman–Crippen LogP) is 3.55. The first-order chi connectivity index (χ1) is 19.4. The van der Waals surface area contributed by atoms with Gasteiger partial charge in [0.15, 0.2) is 10.9 Å². The van der Waals surface area contributed by atoms with E-state index in [9.17, 15) is 14.4 Å². The molecule has 5 rings (SSSR count). The van der Waals surface area contributed by atoms with Crippen LogP contribution in [0.4, 0.5) is 5.13 Å². The molecule has 3 saturated heterocycles. The van der Waals surface area contributed by atoms with E-state index in [4.69, 9.17) is 9.72 Å². The number of nitrogens with zero attached hydrogens (tertiary/aromatic N) is 4. The molecule has 1 aromatic carbocycles. The molecule has 3 aliphatic heterocycles. The largest absolute Gasteiger partial charge is 0.367 e. The van der Waals surface area contributed by atoms with Crippen molar-refractivity contribution in [2.75, 3.05) is 51.3 Å². The third kappa shape index (κ3) is 6.49. The Kier molecular flexibility index (Phi) is 8.55. The summed E-state index contributed by atoms with van der Waals surface area (Å²) < 4.78 is 5.82. The first-order valence-corrected chi connectivity index (χ1v) is 15.5. The number of Topliss-reactive ketones (excluding diaryl/α,β-unsaturated/α-hetero) is 1. The number of ether oxygens (including phenoxy) is 1. The van der Waals surface area contributed by atoms with Crippen molar-refractivity contribution < 1.29 is 19.1 Å². The summed E-state index contributed by atoms with van der Waals surface area (Å²) in [6.45, 7) is 14.8. The van der Waals surface area contributed by atoms with E-state index in [2.05, 4.69) is 41.4 Å². The summed E-state index contributed by atoms with van der Waals surface area (Å²) in [5.74, 6) is -0.200. The number of likely N-dealkylation sites (N-methyl/N-ethyl adjacent to an activating group) is 1. The maximum absolute atomic E-state index is 13.9. The number of anilines is 1. The van der Waals surface area contributed by atoms with Crippen LogP contribution in [0, 0.1) is 17.3 Å². The fourth-order valence-electron chi connectivity index (χ4n) is 6.10. The van der Waals surface area contributed by atoms with Crippen LogP contribution in [-0.4, -0.2) is 96.9 Å². The molecule has 10 heteroatoms. The first kappa shape index (κ1) is 29.7. The van der Waals surface area contributed by atoms with E-state index < -0.39 is 12.1 Å². The molecule has 3 aliphatic rings. The molecule has 3 fully saturated rings. The molecule has 9 nitrogen and oxygen atoms in total. The van der Waals surface area contributed by atoms with E-state index in [1.54, 1.807) is 28.4 Å². The van der Waals surface area contributed by atoms with Gasteiger partial charge in [0.05, 0.1) is 11.8 Å². The average Bonchev–Trinajstić information content (AvgIpc) is 3.65. The van der Waals surface area contributed by atoms with Crippen LogP contribution >= 0.6 is 11.3 Å². The van der Waals surface area contributed by atoms with Crippen molar-refractivity contribution >= 4 is 34.1 Å². The second-order valence-electron chi connectivity index (χ2n) is 13.3. The lowest BCUT2D eigenvalue weighted by Gasteiger charge is -2.32. The number of amides is 2.